The molecular weight excluding hydrogens is 657 g/mol. The van der Waals surface area contributed by atoms with Crippen LogP contribution in [0.1, 0.15) is 5.56 Å². The fraction of sp³-hybridized carbons (Fsp3) is 0. The quantitative estimate of drug-likeness (QED) is 0.172. The van der Waals surface area contributed by atoms with E-state index in [1.165, 1.54) is 38.2 Å². The van der Waals surface area contributed by atoms with Crippen molar-refractivity contribution in [2.24, 2.45) is 0 Å². The molecule has 0 aliphatic carbocycles. The average Bonchev–Trinajstić information content (AvgIpc) is 3.76. The van der Waals surface area contributed by atoms with Gasteiger partial charge in [-0.05, 0) is 90.7 Å². The van der Waals surface area contributed by atoms with Crippen LogP contribution in [0.25, 0.3) is 106 Å². The summed E-state index contributed by atoms with van der Waals surface area (Å²) in [6.07, 6.45) is 2.00. The molecule has 2 heteroatoms. The summed E-state index contributed by atoms with van der Waals surface area (Å²) in [7, 11) is 0. The van der Waals surface area contributed by atoms with Crippen LogP contribution >= 0.6 is 0 Å². The predicted octanol–water partition coefficient (Wildman–Crippen LogP) is 13.2. The monoisotopic (exact) mass is 690 g/mol. The maximum absolute atomic E-state index is 6.47. The van der Waals surface area contributed by atoms with Gasteiger partial charge in [-0.25, -0.2) is 0 Å². The lowest BCUT2D eigenvalue weighted by atomic mass is 9.86. The Balaban J connectivity index is 1.13. The minimum atomic E-state index is 0.687. The van der Waals surface area contributed by atoms with Crippen molar-refractivity contribution in [1.29, 1.82) is 0 Å². The van der Waals surface area contributed by atoms with E-state index in [0.29, 0.717) is 5.42 Å². The van der Waals surface area contributed by atoms with Gasteiger partial charge in [0.1, 0.15) is 22.2 Å². The van der Waals surface area contributed by atoms with E-state index in [0.717, 1.165) is 65.6 Å². The van der Waals surface area contributed by atoms with Crippen LogP contribution < -0.4 is 10.6 Å². The maximum atomic E-state index is 6.47. The fourth-order valence-electron chi connectivity index (χ4n) is 8.10. The second-order valence-electron chi connectivity index (χ2n) is 13.7. The molecule has 0 aliphatic heterocycles. The third-order valence-corrected chi connectivity index (χ3v) is 10.6. The Kier molecular flexibility index (Phi) is 7.49. The lowest BCUT2D eigenvalue weighted by Gasteiger charge is -2.17. The van der Waals surface area contributed by atoms with Crippen molar-refractivity contribution in [3.05, 3.63) is 199 Å². The van der Waals surface area contributed by atoms with Gasteiger partial charge in [-0.2, -0.15) is 0 Å². The number of hydrogen-bond acceptors (Lipinski definition) is 2. The molecule has 10 rings (SSSR count). The SMILES string of the molecule is C=C(/C=c1/oc2ccc3c(ccc4c5ccccc5oc43)c2c1=C)c1ccccccc(-c2c3ccccc3c(-c3ccccc3)c3ccccc23)cc1. The lowest BCUT2D eigenvalue weighted by molar-refractivity contribution is 0.576. The van der Waals surface area contributed by atoms with Crippen molar-refractivity contribution < 1.29 is 8.83 Å². The highest BCUT2D eigenvalue weighted by molar-refractivity contribution is 6.22. The highest BCUT2D eigenvalue weighted by Crippen LogP contribution is 2.43. The molecule has 2 heterocycles. The van der Waals surface area contributed by atoms with E-state index < -0.39 is 0 Å². The lowest BCUT2D eigenvalue weighted by Crippen LogP contribution is -2.18. The van der Waals surface area contributed by atoms with E-state index in [4.69, 9.17) is 8.83 Å². The first-order valence-corrected chi connectivity index (χ1v) is 18.2. The third-order valence-electron chi connectivity index (χ3n) is 10.6. The Labute approximate surface area is 312 Å². The molecule has 0 N–H and O–H groups in total. The minimum Gasteiger partial charge on any atom is -0.456 e. The van der Waals surface area contributed by atoms with Crippen molar-refractivity contribution in [2.45, 2.75) is 0 Å². The first-order valence-electron chi connectivity index (χ1n) is 18.2. The summed E-state index contributed by atoms with van der Waals surface area (Å²) in [5.41, 5.74) is 9.78. The molecule has 2 nitrogen and oxygen atoms in total. The number of hydrogen-bond donors (Lipinski definition) is 0. The first-order chi connectivity index (χ1) is 26.6. The van der Waals surface area contributed by atoms with Crippen LogP contribution in [0.4, 0.5) is 0 Å². The zero-order valence-corrected chi connectivity index (χ0v) is 29.6. The summed E-state index contributed by atoms with van der Waals surface area (Å²) in [5, 5.41) is 11.0. The van der Waals surface area contributed by atoms with Crippen LogP contribution in [0.3, 0.4) is 0 Å². The Bertz CT molecular complexity index is 3250. The molecule has 0 saturated heterocycles. The van der Waals surface area contributed by atoms with Gasteiger partial charge in [0.15, 0.2) is 0 Å². The van der Waals surface area contributed by atoms with Gasteiger partial charge in [0, 0.05) is 26.8 Å². The molecule has 8 aromatic carbocycles. The van der Waals surface area contributed by atoms with Crippen LogP contribution in [-0.4, -0.2) is 0 Å². The van der Waals surface area contributed by atoms with Gasteiger partial charge < -0.3 is 8.83 Å². The number of rotatable bonds is 4. The molecule has 0 saturated carbocycles. The Hall–Kier alpha value is -7.16. The van der Waals surface area contributed by atoms with Crippen molar-refractivity contribution in [3.63, 3.8) is 0 Å². The zero-order valence-electron chi connectivity index (χ0n) is 29.6. The zero-order chi connectivity index (χ0) is 36.2. The number of para-hydroxylation sites is 1. The van der Waals surface area contributed by atoms with E-state index in [1.54, 1.807) is 0 Å². The van der Waals surface area contributed by atoms with Gasteiger partial charge in [-0.1, -0.05) is 165 Å². The van der Waals surface area contributed by atoms with Crippen LogP contribution in [0.2, 0.25) is 0 Å². The number of furan rings is 2. The molecule has 0 unspecified atom stereocenters. The first kappa shape index (κ1) is 31.6. The molecule has 0 atom stereocenters. The van der Waals surface area contributed by atoms with Crippen molar-refractivity contribution in [3.8, 4) is 22.3 Å². The topological polar surface area (TPSA) is 26.3 Å². The summed E-state index contributed by atoms with van der Waals surface area (Å²) in [6, 6.07) is 61.7. The van der Waals surface area contributed by atoms with Gasteiger partial charge in [0.05, 0.1) is 0 Å². The average molecular weight is 691 g/mol. The molecule has 2 aromatic heterocycles. The van der Waals surface area contributed by atoms with Gasteiger partial charge in [-0.15, -0.1) is 0 Å². The third kappa shape index (κ3) is 5.11. The molecule has 0 radical (unpaired) electrons. The van der Waals surface area contributed by atoms with Crippen LogP contribution in [0.15, 0.2) is 191 Å². The number of benzene rings is 7. The maximum Gasteiger partial charge on any atom is 0.143 e. The van der Waals surface area contributed by atoms with Crippen LogP contribution in [-0.2, 0) is 0 Å². The van der Waals surface area contributed by atoms with Crippen molar-refractivity contribution in [2.75, 3.05) is 0 Å². The molecule has 0 bridgehead atoms. The fourth-order valence-corrected chi connectivity index (χ4v) is 8.10. The van der Waals surface area contributed by atoms with Crippen molar-refractivity contribution in [1.82, 2.24) is 0 Å². The molecule has 0 fully saturated rings. The van der Waals surface area contributed by atoms with Gasteiger partial charge in [0.2, 0.25) is 0 Å². The highest BCUT2D eigenvalue weighted by Gasteiger charge is 2.17. The summed E-state index contributed by atoms with van der Waals surface area (Å²) in [5.74, 6) is 0. The second-order valence-corrected chi connectivity index (χ2v) is 13.7. The molecular formula is C52H34O2. The highest BCUT2D eigenvalue weighted by atomic mass is 16.3. The number of allylic oxidation sites excluding steroid dienone is 1. The standard InChI is InChI=1S/C52H34O2/c1-33(32-48-34(2)49-43-28-29-44-38-20-14-15-25-46(38)54-52(44)45(43)30-31-47(49)53-48)35-16-6-3-4-7-19-37(27-26-35)51-41-23-12-10-21-39(41)50(36-17-8-5-9-18-36)40-22-11-13-24-42(40)51/h3-32H,1-2H2/b4-3?,6-3?,7-4?,16-6?,19-7?,27-26?,35-16?,35-26?,37-19?,37-27?,48-32+. The van der Waals surface area contributed by atoms with Gasteiger partial charge in [-0.3, -0.25) is 0 Å². The minimum absolute atomic E-state index is 0.687. The normalized spacial score (nSPS) is 12.0. The molecule has 0 amide bonds. The largest absolute Gasteiger partial charge is 0.456 e. The Morgan fingerprint density at radius 1 is 0.407 bits per heavy atom. The second kappa shape index (κ2) is 12.8. The van der Waals surface area contributed by atoms with E-state index in [9.17, 15) is 0 Å². The smallest absolute Gasteiger partial charge is 0.143 e. The number of fused-ring (bicyclic) bond motifs is 9. The molecule has 0 spiro atoms. The summed E-state index contributed by atoms with van der Waals surface area (Å²) in [6.45, 7) is 9.05. The molecule has 254 valence electrons. The molecule has 54 heavy (non-hydrogen) atoms. The van der Waals surface area contributed by atoms with Gasteiger partial charge >= 0.3 is 0 Å². The molecule has 0 aliphatic rings. The van der Waals surface area contributed by atoms with Crippen LogP contribution in [0, 0.1) is 0 Å². The van der Waals surface area contributed by atoms with Crippen LogP contribution in [0.5, 0.6) is 0 Å². The van der Waals surface area contributed by atoms with E-state index in [1.807, 2.05) is 42.5 Å². The van der Waals surface area contributed by atoms with E-state index in [-0.39, 0.29) is 0 Å². The van der Waals surface area contributed by atoms with Gasteiger partial charge in [0.25, 0.3) is 0 Å². The predicted molar refractivity (Wildman–Crippen MR) is 229 cm³/mol. The Morgan fingerprint density at radius 2 is 0.907 bits per heavy atom. The molecule has 10 aromatic rings. The Morgan fingerprint density at radius 3 is 1.57 bits per heavy atom. The summed E-state index contributed by atoms with van der Waals surface area (Å²) >= 11 is 0. The summed E-state index contributed by atoms with van der Waals surface area (Å²) in [4.78, 5) is 0. The summed E-state index contributed by atoms with van der Waals surface area (Å²) < 4.78 is 12.8. The van der Waals surface area contributed by atoms with Crippen molar-refractivity contribution >= 4 is 83.5 Å². The van der Waals surface area contributed by atoms with E-state index in [2.05, 4.69) is 153 Å². The van der Waals surface area contributed by atoms with E-state index >= 15 is 0 Å².